The van der Waals surface area contributed by atoms with E-state index < -0.39 is 0 Å². The Morgan fingerprint density at radius 1 is 1.13 bits per heavy atom. The highest BCUT2D eigenvalue weighted by molar-refractivity contribution is 5.93. The average Bonchev–Trinajstić information content (AvgIpc) is 2.59. The van der Waals surface area contributed by atoms with Gasteiger partial charge in [-0.15, -0.1) is 0 Å². The van der Waals surface area contributed by atoms with Crippen LogP contribution < -0.4 is 0 Å². The van der Waals surface area contributed by atoms with E-state index in [1.54, 1.807) is 12.4 Å². The zero-order valence-electron chi connectivity index (χ0n) is 13.8. The van der Waals surface area contributed by atoms with E-state index in [-0.39, 0.29) is 5.91 Å². The monoisotopic (exact) mass is 309 g/mol. The second-order valence-corrected chi connectivity index (χ2v) is 6.24. The molecule has 1 aliphatic rings. The molecule has 0 saturated carbocycles. The van der Waals surface area contributed by atoms with Gasteiger partial charge >= 0.3 is 0 Å². The molecule has 1 aromatic carbocycles. The summed E-state index contributed by atoms with van der Waals surface area (Å²) in [5.41, 5.74) is 4.70. The van der Waals surface area contributed by atoms with Gasteiger partial charge in [0.1, 0.15) is 0 Å². The number of pyridine rings is 1. The van der Waals surface area contributed by atoms with E-state index in [9.17, 15) is 4.79 Å². The summed E-state index contributed by atoms with van der Waals surface area (Å²) in [7, 11) is 0. The Hall–Kier alpha value is -2.20. The van der Waals surface area contributed by atoms with Crippen LogP contribution in [0.5, 0.6) is 0 Å². The molecule has 0 spiro atoms. The molecule has 4 heteroatoms. The van der Waals surface area contributed by atoms with Crippen LogP contribution >= 0.6 is 0 Å². The van der Waals surface area contributed by atoms with Crippen molar-refractivity contribution in [2.45, 2.75) is 20.4 Å². The Morgan fingerprint density at radius 3 is 2.61 bits per heavy atom. The second kappa shape index (κ2) is 6.92. The van der Waals surface area contributed by atoms with Crippen molar-refractivity contribution in [2.24, 2.45) is 0 Å². The number of benzene rings is 1. The molecule has 1 aromatic heterocycles. The standard InChI is InChI=1S/C19H23N3O/c1-15-5-6-16(2)18(12-15)14-21-8-10-22(11-9-21)19(23)17-4-3-7-20-13-17/h3-7,12-13H,8-11,14H2,1-2H3. The molecule has 2 aromatic rings. The summed E-state index contributed by atoms with van der Waals surface area (Å²) in [6, 6.07) is 10.3. The van der Waals surface area contributed by atoms with Crippen LogP contribution in [0.2, 0.25) is 0 Å². The predicted octanol–water partition coefficient (Wildman–Crippen LogP) is 2.66. The van der Waals surface area contributed by atoms with Crippen LogP contribution in [0.1, 0.15) is 27.0 Å². The molecular weight excluding hydrogens is 286 g/mol. The third-order valence-corrected chi connectivity index (χ3v) is 4.47. The number of aromatic nitrogens is 1. The van der Waals surface area contributed by atoms with Gasteiger partial charge < -0.3 is 4.90 Å². The van der Waals surface area contributed by atoms with Gasteiger partial charge in [-0.3, -0.25) is 14.7 Å². The van der Waals surface area contributed by atoms with Gasteiger partial charge in [0.25, 0.3) is 5.91 Å². The second-order valence-electron chi connectivity index (χ2n) is 6.24. The van der Waals surface area contributed by atoms with E-state index in [2.05, 4.69) is 41.9 Å². The lowest BCUT2D eigenvalue weighted by atomic mass is 10.0. The van der Waals surface area contributed by atoms with Crippen molar-refractivity contribution in [2.75, 3.05) is 26.2 Å². The summed E-state index contributed by atoms with van der Waals surface area (Å²) in [5.74, 6) is 0.0875. The molecule has 0 bridgehead atoms. The summed E-state index contributed by atoms with van der Waals surface area (Å²) in [5, 5.41) is 0. The summed E-state index contributed by atoms with van der Waals surface area (Å²) in [6.45, 7) is 8.64. The van der Waals surface area contributed by atoms with Crippen molar-refractivity contribution >= 4 is 5.91 Å². The number of hydrogen-bond acceptors (Lipinski definition) is 3. The van der Waals surface area contributed by atoms with E-state index in [1.165, 1.54) is 16.7 Å². The fourth-order valence-electron chi connectivity index (χ4n) is 2.99. The zero-order valence-corrected chi connectivity index (χ0v) is 13.8. The third kappa shape index (κ3) is 3.77. The van der Waals surface area contributed by atoms with E-state index in [1.807, 2.05) is 17.0 Å². The molecule has 4 nitrogen and oxygen atoms in total. The first kappa shape index (κ1) is 15.7. The van der Waals surface area contributed by atoms with Gasteiger partial charge in [-0.25, -0.2) is 0 Å². The Balaban J connectivity index is 1.58. The molecular formula is C19H23N3O. The normalized spacial score (nSPS) is 15.7. The maximum Gasteiger partial charge on any atom is 0.255 e. The van der Waals surface area contributed by atoms with Gasteiger partial charge in [0.15, 0.2) is 0 Å². The number of carbonyl (C=O) groups is 1. The summed E-state index contributed by atoms with van der Waals surface area (Å²) in [4.78, 5) is 20.8. The molecule has 0 radical (unpaired) electrons. The fourth-order valence-corrected chi connectivity index (χ4v) is 2.99. The molecule has 1 amide bonds. The van der Waals surface area contributed by atoms with Crippen molar-refractivity contribution in [3.8, 4) is 0 Å². The Bertz CT molecular complexity index is 676. The van der Waals surface area contributed by atoms with Crippen LogP contribution in [0.3, 0.4) is 0 Å². The largest absolute Gasteiger partial charge is 0.336 e. The van der Waals surface area contributed by atoms with E-state index in [0.29, 0.717) is 5.56 Å². The number of rotatable bonds is 3. The molecule has 120 valence electrons. The average molecular weight is 309 g/mol. The van der Waals surface area contributed by atoms with Gasteiger partial charge in [-0.2, -0.15) is 0 Å². The Kier molecular flexibility index (Phi) is 4.72. The SMILES string of the molecule is Cc1ccc(C)c(CN2CCN(C(=O)c3cccnc3)CC2)c1. The molecule has 0 atom stereocenters. The summed E-state index contributed by atoms with van der Waals surface area (Å²) >= 11 is 0. The molecule has 0 unspecified atom stereocenters. The van der Waals surface area contributed by atoms with Gasteiger partial charge in [-0.05, 0) is 37.1 Å². The first-order chi connectivity index (χ1) is 11.1. The molecule has 3 rings (SSSR count). The zero-order chi connectivity index (χ0) is 16.2. The topological polar surface area (TPSA) is 36.4 Å². The number of aryl methyl sites for hydroxylation is 2. The molecule has 1 aliphatic heterocycles. The van der Waals surface area contributed by atoms with Crippen LogP contribution in [0.4, 0.5) is 0 Å². The van der Waals surface area contributed by atoms with Crippen LogP contribution in [0.15, 0.2) is 42.7 Å². The highest BCUT2D eigenvalue weighted by Crippen LogP contribution is 2.15. The van der Waals surface area contributed by atoms with Crippen LogP contribution in [-0.2, 0) is 6.54 Å². The molecule has 23 heavy (non-hydrogen) atoms. The van der Waals surface area contributed by atoms with Crippen molar-refractivity contribution in [3.63, 3.8) is 0 Å². The van der Waals surface area contributed by atoms with Gasteiger partial charge in [-0.1, -0.05) is 23.8 Å². The first-order valence-electron chi connectivity index (χ1n) is 8.11. The highest BCUT2D eigenvalue weighted by atomic mass is 16.2. The smallest absolute Gasteiger partial charge is 0.255 e. The Morgan fingerprint density at radius 2 is 1.91 bits per heavy atom. The molecule has 0 aliphatic carbocycles. The number of nitrogens with zero attached hydrogens (tertiary/aromatic N) is 3. The molecule has 2 heterocycles. The maximum atomic E-state index is 12.4. The third-order valence-electron chi connectivity index (χ3n) is 4.47. The van der Waals surface area contributed by atoms with Crippen LogP contribution in [-0.4, -0.2) is 46.9 Å². The van der Waals surface area contributed by atoms with Crippen molar-refractivity contribution in [1.82, 2.24) is 14.8 Å². The fraction of sp³-hybridized carbons (Fsp3) is 0.368. The van der Waals surface area contributed by atoms with Crippen molar-refractivity contribution < 1.29 is 4.79 Å². The predicted molar refractivity (Wildman–Crippen MR) is 91.3 cm³/mol. The molecule has 1 fully saturated rings. The van der Waals surface area contributed by atoms with Crippen molar-refractivity contribution in [3.05, 3.63) is 65.0 Å². The highest BCUT2D eigenvalue weighted by Gasteiger charge is 2.22. The minimum absolute atomic E-state index is 0.0875. The van der Waals surface area contributed by atoms with E-state index >= 15 is 0 Å². The first-order valence-corrected chi connectivity index (χ1v) is 8.11. The lowest BCUT2D eigenvalue weighted by Crippen LogP contribution is -2.48. The van der Waals surface area contributed by atoms with Crippen LogP contribution in [0, 0.1) is 13.8 Å². The minimum atomic E-state index is 0.0875. The summed E-state index contributed by atoms with van der Waals surface area (Å²) < 4.78 is 0. The lowest BCUT2D eigenvalue weighted by molar-refractivity contribution is 0.0628. The van der Waals surface area contributed by atoms with E-state index in [4.69, 9.17) is 0 Å². The number of piperazine rings is 1. The number of hydrogen-bond donors (Lipinski definition) is 0. The quantitative estimate of drug-likeness (QED) is 0.874. The van der Waals surface area contributed by atoms with E-state index in [0.717, 1.165) is 32.7 Å². The maximum absolute atomic E-state index is 12.4. The molecule has 0 N–H and O–H groups in total. The van der Waals surface area contributed by atoms with Crippen LogP contribution in [0.25, 0.3) is 0 Å². The van der Waals surface area contributed by atoms with Gasteiger partial charge in [0, 0.05) is 45.1 Å². The minimum Gasteiger partial charge on any atom is -0.336 e. The van der Waals surface area contributed by atoms with Crippen molar-refractivity contribution in [1.29, 1.82) is 0 Å². The number of amides is 1. The lowest BCUT2D eigenvalue weighted by Gasteiger charge is -2.35. The Labute approximate surface area is 137 Å². The number of carbonyl (C=O) groups excluding carboxylic acids is 1. The summed E-state index contributed by atoms with van der Waals surface area (Å²) in [6.07, 6.45) is 3.34. The van der Waals surface area contributed by atoms with Gasteiger partial charge in [0.2, 0.25) is 0 Å². The van der Waals surface area contributed by atoms with Gasteiger partial charge in [0.05, 0.1) is 5.56 Å². The molecule has 1 saturated heterocycles.